The quantitative estimate of drug-likeness (QED) is 0.244. The van der Waals surface area contributed by atoms with E-state index in [-0.39, 0.29) is 11.5 Å². The van der Waals surface area contributed by atoms with Crippen LogP contribution >= 0.6 is 15.9 Å². The van der Waals surface area contributed by atoms with E-state index in [2.05, 4.69) is 34.0 Å². The van der Waals surface area contributed by atoms with Crippen molar-refractivity contribution in [3.05, 3.63) is 98.0 Å². The summed E-state index contributed by atoms with van der Waals surface area (Å²) in [5.41, 5.74) is 3.36. The molecule has 0 amide bonds. The molecule has 0 aliphatic rings. The highest BCUT2D eigenvalue weighted by Crippen LogP contribution is 2.31. The SMILES string of the molecule is CC[C@H](C)c1nc2ccc(Br)cc2c(=O)n1N=Cc1cccc(OC)c1OCc1cccc(C)c1. The first-order valence-corrected chi connectivity index (χ1v) is 12.3. The first-order valence-electron chi connectivity index (χ1n) is 11.5. The zero-order valence-electron chi connectivity index (χ0n) is 20.3. The standard InChI is InChI=1S/C28H28BrN3O3/c1-5-19(3)27-31-24-13-12-22(29)15-23(24)28(33)32(27)30-16-21-10-7-11-25(34-4)26(21)35-17-20-9-6-8-18(2)14-20/h6-16,19H,5,17H2,1-4H3/t19-/m0/s1. The highest BCUT2D eigenvalue weighted by molar-refractivity contribution is 9.10. The molecule has 35 heavy (non-hydrogen) atoms. The number of fused-ring (bicyclic) bond motifs is 1. The molecule has 6 nitrogen and oxygen atoms in total. The lowest BCUT2D eigenvalue weighted by atomic mass is 10.1. The van der Waals surface area contributed by atoms with Crippen molar-refractivity contribution >= 4 is 33.0 Å². The Morgan fingerprint density at radius 1 is 1.14 bits per heavy atom. The number of benzene rings is 3. The average Bonchev–Trinajstić information content (AvgIpc) is 2.86. The van der Waals surface area contributed by atoms with Crippen LogP contribution in [0.4, 0.5) is 0 Å². The summed E-state index contributed by atoms with van der Waals surface area (Å²) in [6.45, 7) is 6.54. The molecule has 0 radical (unpaired) electrons. The van der Waals surface area contributed by atoms with E-state index in [1.54, 1.807) is 19.4 Å². The summed E-state index contributed by atoms with van der Waals surface area (Å²) in [5, 5.41) is 5.10. The van der Waals surface area contributed by atoms with Crippen molar-refractivity contribution in [3.63, 3.8) is 0 Å². The molecule has 0 saturated heterocycles. The minimum atomic E-state index is -0.215. The molecule has 0 aliphatic heterocycles. The predicted molar refractivity (Wildman–Crippen MR) is 144 cm³/mol. The van der Waals surface area contributed by atoms with Gasteiger partial charge in [0, 0.05) is 16.0 Å². The Balaban J connectivity index is 1.77. The van der Waals surface area contributed by atoms with Crippen LogP contribution in [0.15, 0.2) is 75.0 Å². The molecular formula is C28H28BrN3O3. The van der Waals surface area contributed by atoms with Crippen LogP contribution in [0.3, 0.4) is 0 Å². The number of methoxy groups -OCH3 is 1. The van der Waals surface area contributed by atoms with Gasteiger partial charge in [-0.1, -0.05) is 65.7 Å². The van der Waals surface area contributed by atoms with Crippen LogP contribution in [-0.2, 0) is 6.61 Å². The Hall–Kier alpha value is -3.45. The molecule has 0 aliphatic carbocycles. The van der Waals surface area contributed by atoms with E-state index in [0.717, 1.165) is 16.5 Å². The van der Waals surface area contributed by atoms with Crippen molar-refractivity contribution in [3.8, 4) is 11.5 Å². The topological polar surface area (TPSA) is 65.7 Å². The van der Waals surface area contributed by atoms with Gasteiger partial charge in [0.15, 0.2) is 11.5 Å². The van der Waals surface area contributed by atoms with Crippen molar-refractivity contribution in [2.24, 2.45) is 5.10 Å². The van der Waals surface area contributed by atoms with Crippen LogP contribution in [-0.4, -0.2) is 23.0 Å². The third-order valence-electron chi connectivity index (χ3n) is 5.89. The van der Waals surface area contributed by atoms with Crippen LogP contribution in [0.1, 0.15) is 48.7 Å². The summed E-state index contributed by atoms with van der Waals surface area (Å²) in [5.74, 6) is 1.83. The molecule has 4 rings (SSSR count). The summed E-state index contributed by atoms with van der Waals surface area (Å²) in [6, 6.07) is 19.3. The van der Waals surface area contributed by atoms with E-state index in [1.165, 1.54) is 10.2 Å². The third-order valence-corrected chi connectivity index (χ3v) is 6.39. The molecular weight excluding hydrogens is 506 g/mol. The first-order chi connectivity index (χ1) is 16.9. The van der Waals surface area contributed by atoms with Crippen molar-refractivity contribution in [1.29, 1.82) is 0 Å². The van der Waals surface area contributed by atoms with Gasteiger partial charge in [0.05, 0.1) is 24.2 Å². The Morgan fingerprint density at radius 2 is 1.94 bits per heavy atom. The average molecular weight is 534 g/mol. The number of rotatable bonds is 8. The number of ether oxygens (including phenoxy) is 2. The second-order valence-electron chi connectivity index (χ2n) is 8.46. The lowest BCUT2D eigenvalue weighted by molar-refractivity contribution is 0.284. The van der Waals surface area contributed by atoms with E-state index in [0.29, 0.717) is 40.4 Å². The molecule has 0 fully saturated rings. The van der Waals surface area contributed by atoms with E-state index in [1.807, 2.05) is 62.4 Å². The molecule has 1 aromatic heterocycles. The number of aryl methyl sites for hydroxylation is 1. The van der Waals surface area contributed by atoms with Gasteiger partial charge in [0.25, 0.3) is 5.56 Å². The monoisotopic (exact) mass is 533 g/mol. The zero-order valence-corrected chi connectivity index (χ0v) is 21.9. The number of aromatic nitrogens is 2. The summed E-state index contributed by atoms with van der Waals surface area (Å²) < 4.78 is 13.9. The van der Waals surface area contributed by atoms with Crippen molar-refractivity contribution < 1.29 is 9.47 Å². The molecule has 1 heterocycles. The largest absolute Gasteiger partial charge is 0.493 e. The van der Waals surface area contributed by atoms with Gasteiger partial charge in [0.1, 0.15) is 12.4 Å². The number of nitrogens with zero attached hydrogens (tertiary/aromatic N) is 3. The lowest BCUT2D eigenvalue weighted by Crippen LogP contribution is -2.23. The third kappa shape index (κ3) is 5.46. The number of hydrogen-bond donors (Lipinski definition) is 0. The van der Waals surface area contributed by atoms with Crippen LogP contribution in [0.2, 0.25) is 0 Å². The van der Waals surface area contributed by atoms with E-state index in [9.17, 15) is 4.79 Å². The van der Waals surface area contributed by atoms with Gasteiger partial charge < -0.3 is 9.47 Å². The van der Waals surface area contributed by atoms with E-state index < -0.39 is 0 Å². The number of halogens is 1. The Morgan fingerprint density at radius 3 is 2.69 bits per heavy atom. The van der Waals surface area contributed by atoms with E-state index in [4.69, 9.17) is 14.5 Å². The Bertz CT molecular complexity index is 1450. The Kier molecular flexibility index (Phi) is 7.66. The zero-order chi connectivity index (χ0) is 24.9. The van der Waals surface area contributed by atoms with Crippen LogP contribution in [0.25, 0.3) is 10.9 Å². The second kappa shape index (κ2) is 10.9. The minimum Gasteiger partial charge on any atom is -0.493 e. The van der Waals surface area contributed by atoms with Crippen LogP contribution in [0, 0.1) is 6.92 Å². The molecule has 0 spiro atoms. The number of hydrogen-bond acceptors (Lipinski definition) is 5. The molecule has 0 saturated carbocycles. The molecule has 0 N–H and O–H groups in total. The molecule has 4 aromatic rings. The van der Waals surface area contributed by atoms with Gasteiger partial charge >= 0.3 is 0 Å². The maximum absolute atomic E-state index is 13.4. The van der Waals surface area contributed by atoms with Gasteiger partial charge in [-0.2, -0.15) is 9.78 Å². The predicted octanol–water partition coefficient (Wildman–Crippen LogP) is 6.45. The molecule has 3 aromatic carbocycles. The molecule has 0 bridgehead atoms. The minimum absolute atomic E-state index is 0.0512. The molecule has 7 heteroatoms. The lowest BCUT2D eigenvalue weighted by Gasteiger charge is -2.15. The van der Waals surface area contributed by atoms with Crippen molar-refractivity contribution in [1.82, 2.24) is 9.66 Å². The fraction of sp³-hybridized carbons (Fsp3) is 0.250. The van der Waals surface area contributed by atoms with Gasteiger partial charge in [-0.25, -0.2) is 4.98 Å². The summed E-state index contributed by atoms with van der Waals surface area (Å²) in [4.78, 5) is 18.2. The summed E-state index contributed by atoms with van der Waals surface area (Å²) in [7, 11) is 1.60. The van der Waals surface area contributed by atoms with Gasteiger partial charge in [-0.15, -0.1) is 0 Å². The first kappa shape index (κ1) is 24.7. The van der Waals surface area contributed by atoms with Crippen LogP contribution in [0.5, 0.6) is 11.5 Å². The van der Waals surface area contributed by atoms with Crippen molar-refractivity contribution in [2.75, 3.05) is 7.11 Å². The van der Waals surface area contributed by atoms with Gasteiger partial charge in [-0.05, 0) is 49.2 Å². The smallest absolute Gasteiger partial charge is 0.282 e. The summed E-state index contributed by atoms with van der Waals surface area (Å²) >= 11 is 3.45. The molecule has 0 unspecified atom stereocenters. The number of para-hydroxylation sites is 1. The second-order valence-corrected chi connectivity index (χ2v) is 9.37. The molecule has 180 valence electrons. The highest BCUT2D eigenvalue weighted by Gasteiger charge is 2.16. The van der Waals surface area contributed by atoms with Crippen molar-refractivity contribution in [2.45, 2.75) is 39.7 Å². The highest BCUT2D eigenvalue weighted by atomic mass is 79.9. The fourth-order valence-corrected chi connectivity index (χ4v) is 4.17. The van der Waals surface area contributed by atoms with Crippen LogP contribution < -0.4 is 15.0 Å². The van der Waals surface area contributed by atoms with Gasteiger partial charge in [-0.3, -0.25) is 4.79 Å². The molecule has 1 atom stereocenters. The van der Waals surface area contributed by atoms with Gasteiger partial charge in [0.2, 0.25) is 0 Å². The maximum atomic E-state index is 13.4. The normalized spacial score (nSPS) is 12.3. The maximum Gasteiger partial charge on any atom is 0.282 e. The van der Waals surface area contributed by atoms with E-state index >= 15 is 0 Å². The summed E-state index contributed by atoms with van der Waals surface area (Å²) in [6.07, 6.45) is 2.46. The Labute approximate surface area is 213 Å². The fourth-order valence-electron chi connectivity index (χ4n) is 3.81.